The molecule has 0 aromatic heterocycles. The number of aliphatic carboxylic acids is 1. The van der Waals surface area contributed by atoms with Crippen LogP contribution in [0.25, 0.3) is 0 Å². The zero-order chi connectivity index (χ0) is 15.3. The molecule has 0 radical (unpaired) electrons. The highest BCUT2D eigenvalue weighted by atomic mass is 16.4. The lowest BCUT2D eigenvalue weighted by molar-refractivity contribution is -0.149. The van der Waals surface area contributed by atoms with E-state index in [2.05, 4.69) is 0 Å². The second-order valence-electron chi connectivity index (χ2n) is 6.75. The van der Waals surface area contributed by atoms with Crippen molar-refractivity contribution in [3.05, 3.63) is 34.4 Å². The zero-order valence-corrected chi connectivity index (χ0v) is 12.8. The molecule has 2 rings (SSSR count). The Morgan fingerprint density at radius 2 is 1.60 bits per heavy atom. The molecule has 0 bridgehead atoms. The molecule has 1 fully saturated rings. The number of carboxylic acids is 1. The van der Waals surface area contributed by atoms with Crippen LogP contribution in [0.5, 0.6) is 0 Å². The van der Waals surface area contributed by atoms with Crippen LogP contribution in [-0.2, 0) is 16.0 Å². The fraction of sp³-hybridized carbons (Fsp3) is 0.529. The van der Waals surface area contributed by atoms with Gasteiger partial charge in [-0.2, -0.15) is 0 Å². The van der Waals surface area contributed by atoms with Gasteiger partial charge in [-0.15, -0.1) is 0 Å². The summed E-state index contributed by atoms with van der Waals surface area (Å²) in [5.74, 6) is -1.14. The molecule has 0 spiro atoms. The molecule has 1 atom stereocenters. The van der Waals surface area contributed by atoms with Crippen LogP contribution in [0, 0.1) is 31.6 Å². The van der Waals surface area contributed by atoms with Crippen molar-refractivity contribution < 1.29 is 14.7 Å². The van der Waals surface area contributed by atoms with Crippen molar-refractivity contribution >= 4 is 11.8 Å². The Labute approximate surface area is 120 Å². The maximum atomic E-state index is 12.6. The molecule has 1 N–H and O–H groups in total. The zero-order valence-electron chi connectivity index (χ0n) is 12.8. The van der Waals surface area contributed by atoms with Crippen LogP contribution in [0.15, 0.2) is 12.1 Å². The predicted molar refractivity (Wildman–Crippen MR) is 77.8 cm³/mol. The number of ketones is 1. The first kappa shape index (κ1) is 14.8. The van der Waals surface area contributed by atoms with Gasteiger partial charge in [0.1, 0.15) is 5.41 Å². The molecule has 0 heterocycles. The van der Waals surface area contributed by atoms with Gasteiger partial charge in [0, 0.05) is 6.42 Å². The number of hydrogen-bond donors (Lipinski definition) is 1. The van der Waals surface area contributed by atoms with Gasteiger partial charge < -0.3 is 5.11 Å². The van der Waals surface area contributed by atoms with Crippen molar-refractivity contribution in [2.24, 2.45) is 10.8 Å². The standard InChI is InChI=1S/C17H22O3/c1-10-6-11(2)13(12(3)7-10)8-14(18)17(15(19)20)9-16(17,4)5/h6-7H,8-9H2,1-5H3,(H,19,20). The van der Waals surface area contributed by atoms with E-state index < -0.39 is 16.8 Å². The maximum Gasteiger partial charge on any atom is 0.317 e. The molecule has 0 aliphatic heterocycles. The highest BCUT2D eigenvalue weighted by Gasteiger charge is 2.71. The highest BCUT2D eigenvalue weighted by Crippen LogP contribution is 2.64. The number of carbonyl (C=O) groups is 2. The summed E-state index contributed by atoms with van der Waals surface area (Å²) in [6, 6.07) is 4.09. The summed E-state index contributed by atoms with van der Waals surface area (Å²) in [5.41, 5.74) is 2.66. The number of rotatable bonds is 4. The smallest absolute Gasteiger partial charge is 0.317 e. The van der Waals surface area contributed by atoms with Crippen molar-refractivity contribution in [3.63, 3.8) is 0 Å². The van der Waals surface area contributed by atoms with Crippen molar-refractivity contribution in [1.82, 2.24) is 0 Å². The second kappa shape index (κ2) is 4.44. The van der Waals surface area contributed by atoms with Crippen molar-refractivity contribution in [1.29, 1.82) is 0 Å². The Bertz CT molecular complexity index is 575. The molecule has 3 nitrogen and oxygen atoms in total. The Morgan fingerprint density at radius 3 is 1.95 bits per heavy atom. The minimum atomic E-state index is -1.18. The lowest BCUT2D eigenvalue weighted by atomic mass is 9.85. The normalized spacial score (nSPS) is 23.4. The van der Waals surface area contributed by atoms with Gasteiger partial charge in [0.15, 0.2) is 5.78 Å². The number of carboxylic acid groups (broad SMARTS) is 1. The first-order valence-electron chi connectivity index (χ1n) is 6.95. The fourth-order valence-electron chi connectivity index (χ4n) is 3.38. The van der Waals surface area contributed by atoms with Crippen LogP contribution in [0.1, 0.15) is 42.5 Å². The minimum absolute atomic E-state index is 0.162. The van der Waals surface area contributed by atoms with E-state index in [1.54, 1.807) is 0 Å². The summed E-state index contributed by atoms with van der Waals surface area (Å²) in [6.07, 6.45) is 0.659. The minimum Gasteiger partial charge on any atom is -0.480 e. The molecular weight excluding hydrogens is 252 g/mol. The van der Waals surface area contributed by atoms with Crippen molar-refractivity contribution in [2.75, 3.05) is 0 Å². The number of benzene rings is 1. The van der Waals surface area contributed by atoms with E-state index >= 15 is 0 Å². The first-order valence-corrected chi connectivity index (χ1v) is 6.95. The van der Waals surface area contributed by atoms with Crippen LogP contribution in [0.2, 0.25) is 0 Å². The van der Waals surface area contributed by atoms with Crippen LogP contribution in [0.4, 0.5) is 0 Å². The summed E-state index contributed by atoms with van der Waals surface area (Å²) < 4.78 is 0. The molecule has 1 aromatic rings. The fourth-order valence-corrected chi connectivity index (χ4v) is 3.38. The largest absolute Gasteiger partial charge is 0.480 e. The third-order valence-electron chi connectivity index (χ3n) is 4.76. The number of aryl methyl sites for hydroxylation is 3. The molecule has 1 aromatic carbocycles. The molecule has 3 heteroatoms. The molecular formula is C17H22O3. The molecule has 1 aliphatic rings. The summed E-state index contributed by atoms with van der Waals surface area (Å²) in [4.78, 5) is 24.1. The van der Waals surface area contributed by atoms with E-state index in [0.717, 1.165) is 22.3 Å². The Balaban J connectivity index is 2.32. The summed E-state index contributed by atoms with van der Waals surface area (Å²) >= 11 is 0. The number of hydrogen-bond acceptors (Lipinski definition) is 2. The maximum absolute atomic E-state index is 12.6. The monoisotopic (exact) mass is 274 g/mol. The lowest BCUT2D eigenvalue weighted by Gasteiger charge is -2.17. The average Bonchev–Trinajstić information content (AvgIpc) is 2.88. The van der Waals surface area contributed by atoms with Gasteiger partial charge in [-0.25, -0.2) is 0 Å². The number of carbonyl (C=O) groups excluding carboxylic acids is 1. The van der Waals surface area contributed by atoms with Gasteiger partial charge in [0.2, 0.25) is 0 Å². The van der Waals surface area contributed by atoms with E-state index in [0.29, 0.717) is 6.42 Å². The van der Waals surface area contributed by atoms with Gasteiger partial charge in [0.05, 0.1) is 0 Å². The third kappa shape index (κ3) is 2.05. The molecule has 0 amide bonds. The number of Topliss-reactive ketones (excluding diaryl/α,β-unsaturated/α-hetero) is 1. The van der Waals surface area contributed by atoms with Gasteiger partial charge in [-0.05, 0) is 49.3 Å². The van der Waals surface area contributed by atoms with E-state index in [4.69, 9.17) is 0 Å². The SMILES string of the molecule is Cc1cc(C)c(CC(=O)C2(C(=O)O)CC2(C)C)c(C)c1. The van der Waals surface area contributed by atoms with Gasteiger partial charge in [-0.1, -0.05) is 31.5 Å². The van der Waals surface area contributed by atoms with Crippen LogP contribution >= 0.6 is 0 Å². The van der Waals surface area contributed by atoms with Crippen LogP contribution in [-0.4, -0.2) is 16.9 Å². The van der Waals surface area contributed by atoms with Gasteiger partial charge >= 0.3 is 5.97 Å². The quantitative estimate of drug-likeness (QED) is 0.858. The summed E-state index contributed by atoms with van der Waals surface area (Å²) in [5, 5.41) is 9.45. The molecule has 108 valence electrons. The molecule has 1 aliphatic carbocycles. The Hall–Kier alpha value is -1.64. The highest BCUT2D eigenvalue weighted by molar-refractivity contribution is 6.08. The van der Waals surface area contributed by atoms with Crippen LogP contribution in [0.3, 0.4) is 0 Å². The topological polar surface area (TPSA) is 54.4 Å². The summed E-state index contributed by atoms with van der Waals surface area (Å²) in [7, 11) is 0. The van der Waals surface area contributed by atoms with Crippen molar-refractivity contribution in [3.8, 4) is 0 Å². The molecule has 20 heavy (non-hydrogen) atoms. The van der Waals surface area contributed by atoms with Gasteiger partial charge in [-0.3, -0.25) is 9.59 Å². The predicted octanol–water partition coefficient (Wildman–Crippen LogP) is 3.22. The lowest BCUT2D eigenvalue weighted by Crippen LogP contribution is -2.32. The molecule has 1 saturated carbocycles. The van der Waals surface area contributed by atoms with E-state index in [1.165, 1.54) is 0 Å². The average molecular weight is 274 g/mol. The van der Waals surface area contributed by atoms with E-state index in [-0.39, 0.29) is 12.2 Å². The third-order valence-corrected chi connectivity index (χ3v) is 4.76. The van der Waals surface area contributed by atoms with Crippen LogP contribution < -0.4 is 0 Å². The summed E-state index contributed by atoms with van der Waals surface area (Å²) in [6.45, 7) is 9.69. The first-order chi connectivity index (χ1) is 9.11. The van der Waals surface area contributed by atoms with Crippen molar-refractivity contribution in [2.45, 2.75) is 47.5 Å². The molecule has 0 saturated heterocycles. The Morgan fingerprint density at radius 1 is 1.15 bits per heavy atom. The molecule has 1 unspecified atom stereocenters. The second-order valence-corrected chi connectivity index (χ2v) is 6.75. The van der Waals surface area contributed by atoms with E-state index in [9.17, 15) is 14.7 Å². The van der Waals surface area contributed by atoms with E-state index in [1.807, 2.05) is 46.8 Å². The Kier molecular flexibility index (Phi) is 3.28. The van der Waals surface area contributed by atoms with Gasteiger partial charge in [0.25, 0.3) is 0 Å².